The maximum Gasteiger partial charge on any atom is 0.137 e. The number of aliphatic hydroxyl groups is 1. The third kappa shape index (κ3) is 10.6. The second kappa shape index (κ2) is 15.5. The third-order valence-electron chi connectivity index (χ3n) is 4.63. The minimum atomic E-state index is -2.58. The molecule has 2 unspecified atom stereocenters. The summed E-state index contributed by atoms with van der Waals surface area (Å²) in [5.74, 6) is 0. The fourth-order valence-corrected chi connectivity index (χ4v) is 4.26. The summed E-state index contributed by atoms with van der Waals surface area (Å²) in [7, 11) is 0. The van der Waals surface area contributed by atoms with Crippen molar-refractivity contribution in [3.63, 3.8) is 0 Å². The highest BCUT2D eigenvalue weighted by Gasteiger charge is 2.34. The van der Waals surface area contributed by atoms with Gasteiger partial charge in [-0.15, -0.1) is 0 Å². The van der Waals surface area contributed by atoms with Crippen molar-refractivity contribution in [3.05, 3.63) is 0 Å². The van der Waals surface area contributed by atoms with Crippen LogP contribution in [0.5, 0.6) is 0 Å². The van der Waals surface area contributed by atoms with Crippen LogP contribution in [-0.2, 0) is 11.3 Å². The van der Waals surface area contributed by atoms with Gasteiger partial charge in [-0.25, -0.2) is 0 Å². The lowest BCUT2D eigenvalue weighted by atomic mass is 9.97. The molecule has 0 aliphatic carbocycles. The van der Waals surface area contributed by atoms with E-state index < -0.39 is 16.8 Å². The monoisotopic (exact) mass is 403 g/mol. The van der Waals surface area contributed by atoms with Gasteiger partial charge in [-0.05, 0) is 32.6 Å². The molecule has 1 N–H and O–H groups in total. The lowest BCUT2D eigenvalue weighted by Crippen LogP contribution is -2.49. The molecule has 26 heavy (non-hydrogen) atoms. The largest absolute Gasteiger partial charge is 0.755 e. The Morgan fingerprint density at radius 1 is 1.12 bits per heavy atom. The van der Waals surface area contributed by atoms with Crippen LogP contribution in [0, 0.1) is 11.3 Å². The number of rotatable bonds is 16. The molecule has 0 aromatic rings. The van der Waals surface area contributed by atoms with E-state index in [1.807, 2.05) is 6.07 Å². The predicted molar refractivity (Wildman–Crippen MR) is 110 cm³/mol. The minimum Gasteiger partial charge on any atom is -0.755 e. The molecule has 0 aromatic carbocycles. The first-order valence-electron chi connectivity index (χ1n) is 9.87. The van der Waals surface area contributed by atoms with E-state index in [0.29, 0.717) is 17.8 Å². The van der Waals surface area contributed by atoms with Gasteiger partial charge in [-0.1, -0.05) is 76.9 Å². The number of nitrogens with zero attached hydrogens (tertiary/aromatic N) is 2. The van der Waals surface area contributed by atoms with Crippen LogP contribution < -0.4 is 0 Å². The Hall–Kier alpha value is -0.550. The zero-order valence-electron chi connectivity index (χ0n) is 16.4. The van der Waals surface area contributed by atoms with Crippen molar-refractivity contribution in [1.82, 2.24) is 4.31 Å². The summed E-state index contributed by atoms with van der Waals surface area (Å²) in [6, 6.07) is 2.05. The molecule has 0 aliphatic rings. The lowest BCUT2D eigenvalue weighted by Gasteiger charge is -2.38. The number of aliphatic hydroxyl groups excluding tert-OH is 1. The zero-order chi connectivity index (χ0) is 19.8. The molecule has 0 saturated carbocycles. The van der Waals surface area contributed by atoms with Gasteiger partial charge in [0.25, 0.3) is 0 Å². The summed E-state index contributed by atoms with van der Waals surface area (Å²) in [6.07, 6.45) is 13.1. The van der Waals surface area contributed by atoms with Crippen LogP contribution in [0.4, 0.5) is 0 Å². The van der Waals surface area contributed by atoms with Crippen LogP contribution in [-0.4, -0.2) is 35.3 Å². The van der Waals surface area contributed by atoms with E-state index in [4.69, 9.17) is 17.3 Å². The number of nitriles is 1. The van der Waals surface area contributed by atoms with Crippen molar-refractivity contribution in [2.24, 2.45) is 0 Å². The summed E-state index contributed by atoms with van der Waals surface area (Å²) in [6.45, 7) is 3.70. The van der Waals surface area contributed by atoms with Crippen molar-refractivity contribution >= 4 is 28.5 Å². The van der Waals surface area contributed by atoms with Crippen LogP contribution in [0.25, 0.3) is 0 Å². The highest BCUT2D eigenvalue weighted by molar-refractivity contribution is 7.83. The molecule has 5 nitrogen and oxygen atoms in total. The summed E-state index contributed by atoms with van der Waals surface area (Å²) >= 11 is 2.71. The Bertz CT molecular complexity index is 455. The van der Waals surface area contributed by atoms with Gasteiger partial charge in [0.05, 0.1) is 11.1 Å². The average Bonchev–Trinajstić information content (AvgIpc) is 2.61. The van der Waals surface area contributed by atoms with E-state index in [0.717, 1.165) is 23.6 Å². The Kier molecular flexibility index (Phi) is 15.2. The second-order valence-electron chi connectivity index (χ2n) is 7.05. The van der Waals surface area contributed by atoms with E-state index >= 15 is 0 Å². The van der Waals surface area contributed by atoms with Crippen LogP contribution in [0.15, 0.2) is 0 Å². The molecule has 0 bridgehead atoms. The molecule has 0 aliphatic heterocycles. The van der Waals surface area contributed by atoms with Gasteiger partial charge in [0, 0.05) is 17.9 Å². The highest BCUT2D eigenvalue weighted by Crippen LogP contribution is 2.24. The van der Waals surface area contributed by atoms with Crippen LogP contribution >= 0.6 is 12.2 Å². The maximum absolute atomic E-state index is 11.6. The summed E-state index contributed by atoms with van der Waals surface area (Å²) in [5, 5.41) is 18.4. The molecule has 0 aromatic heterocycles. The van der Waals surface area contributed by atoms with Crippen LogP contribution in [0.1, 0.15) is 97.3 Å². The van der Waals surface area contributed by atoms with Gasteiger partial charge < -0.3 is 9.66 Å². The molecule has 0 fully saturated rings. The fourth-order valence-electron chi connectivity index (χ4n) is 3.01. The number of unbranched alkanes of at least 4 members (excludes halogenated alkanes) is 9. The minimum absolute atomic E-state index is 0.0815. The quantitative estimate of drug-likeness (QED) is 0.228. The van der Waals surface area contributed by atoms with Gasteiger partial charge in [0.1, 0.15) is 5.54 Å². The maximum atomic E-state index is 11.6. The molecule has 0 spiro atoms. The number of hydrogen-bond acceptors (Lipinski definition) is 5. The molecule has 7 heteroatoms. The fraction of sp³-hybridized carbons (Fsp3) is 0.895. The Morgan fingerprint density at radius 2 is 1.62 bits per heavy atom. The predicted octanol–water partition coefficient (Wildman–Crippen LogP) is 4.78. The molecule has 0 saturated heterocycles. The lowest BCUT2D eigenvalue weighted by molar-refractivity contribution is 0.251. The normalized spacial score (nSPS) is 14.4. The Balaban J connectivity index is 4.17. The van der Waals surface area contributed by atoms with Gasteiger partial charge >= 0.3 is 0 Å². The zero-order valence-corrected chi connectivity index (χ0v) is 18.0. The van der Waals surface area contributed by atoms with Crippen molar-refractivity contribution in [2.75, 3.05) is 6.61 Å². The van der Waals surface area contributed by atoms with Gasteiger partial charge in [0.15, 0.2) is 0 Å². The van der Waals surface area contributed by atoms with Crippen molar-refractivity contribution < 1.29 is 13.9 Å². The van der Waals surface area contributed by atoms with E-state index in [9.17, 15) is 14.0 Å². The van der Waals surface area contributed by atoms with Gasteiger partial charge in [0.2, 0.25) is 0 Å². The SMILES string of the molecule is CCCCCCCCCCCCC(=S)N(S(=O)[O-])C(C)(C#N)CCCO. The second-order valence-corrected chi connectivity index (χ2v) is 8.32. The molecule has 0 heterocycles. The Morgan fingerprint density at radius 3 is 2.04 bits per heavy atom. The molecular weight excluding hydrogens is 368 g/mol. The summed E-state index contributed by atoms with van der Waals surface area (Å²) in [4.78, 5) is 0.292. The third-order valence-corrected chi connectivity index (χ3v) is 6.05. The van der Waals surface area contributed by atoms with Gasteiger partial charge in [-0.3, -0.25) is 8.51 Å². The van der Waals surface area contributed by atoms with Crippen molar-refractivity contribution in [1.29, 1.82) is 5.26 Å². The van der Waals surface area contributed by atoms with E-state index in [2.05, 4.69) is 6.92 Å². The average molecular weight is 404 g/mol. The highest BCUT2D eigenvalue weighted by atomic mass is 32.2. The Labute approximate surface area is 167 Å². The van der Waals surface area contributed by atoms with Crippen molar-refractivity contribution in [2.45, 2.75) is 103 Å². The molecule has 0 amide bonds. The van der Waals surface area contributed by atoms with E-state index in [1.54, 1.807) is 6.92 Å². The van der Waals surface area contributed by atoms with E-state index in [1.165, 1.54) is 44.9 Å². The summed E-state index contributed by atoms with van der Waals surface area (Å²) < 4.78 is 24.3. The standard InChI is InChI=1S/C19H36N2O3S2/c1-3-4-5-6-7-8-9-10-11-12-14-18(25)21(26(23)24)19(2,17-20)15-13-16-22/h22H,3-16H2,1-2H3,(H,23,24)/p-1. The number of thiocarbonyl (C=S) groups is 1. The van der Waals surface area contributed by atoms with Crippen LogP contribution in [0.3, 0.4) is 0 Å². The first-order chi connectivity index (χ1) is 12.4. The molecule has 0 rings (SSSR count). The van der Waals surface area contributed by atoms with E-state index in [-0.39, 0.29) is 13.0 Å². The first-order valence-corrected chi connectivity index (χ1v) is 11.3. The first kappa shape index (κ1) is 25.4. The van der Waals surface area contributed by atoms with Crippen LogP contribution in [0.2, 0.25) is 0 Å². The van der Waals surface area contributed by atoms with Gasteiger partial charge in [-0.2, -0.15) is 5.26 Å². The topological polar surface area (TPSA) is 87.4 Å². The molecule has 152 valence electrons. The van der Waals surface area contributed by atoms with Crippen molar-refractivity contribution in [3.8, 4) is 6.07 Å². The molecule has 0 radical (unpaired) electrons. The smallest absolute Gasteiger partial charge is 0.137 e. The molecular formula is C19H35N2O3S2-. The number of hydrogen-bond donors (Lipinski definition) is 1. The summed E-state index contributed by atoms with van der Waals surface area (Å²) in [5.41, 5.74) is -1.23. The molecule has 2 atom stereocenters.